The molecule has 0 aromatic rings. The Morgan fingerprint density at radius 3 is 1.75 bits per heavy atom. The van der Waals surface area contributed by atoms with E-state index in [-0.39, 0.29) is 12.4 Å². The molecular weight excluding hydrogens is 207 g/mol. The summed E-state index contributed by atoms with van der Waals surface area (Å²) in [5, 5.41) is 0. The van der Waals surface area contributed by atoms with E-state index in [0.717, 1.165) is 0 Å². The lowest BCUT2D eigenvalue weighted by Crippen LogP contribution is -1.76. The Bertz CT molecular complexity index is 166. The number of phosphoric acid groups is 1. The Morgan fingerprint density at radius 2 is 1.75 bits per heavy atom. The molecule has 0 radical (unpaired) electrons. The van der Waals surface area contributed by atoms with E-state index in [1.807, 2.05) is 0 Å². The van der Waals surface area contributed by atoms with Crippen LogP contribution < -0.4 is 0 Å². The lowest BCUT2D eigenvalue weighted by atomic mass is 10.7. The fourth-order valence-electron chi connectivity index (χ4n) is 0.0550. The van der Waals surface area contributed by atoms with E-state index in [0.29, 0.717) is 0 Å². The highest BCUT2D eigenvalue weighted by atomic mass is 31.2. The molecule has 0 aromatic heterocycles. The normalized spacial score (nSPS) is 11.6. The highest BCUT2D eigenvalue weighted by Gasteiger charge is 2.12. The molecule has 0 saturated heterocycles. The van der Waals surface area contributed by atoms with Crippen molar-refractivity contribution in [1.82, 2.24) is 0 Å². The largest absolute Gasteiger partial charge is 0.500 e. The third kappa shape index (κ3) is 22.7. The van der Waals surface area contributed by atoms with Crippen molar-refractivity contribution in [2.45, 2.75) is 6.43 Å². The number of alkyl halides is 2. The molecule has 12 heavy (non-hydrogen) atoms. The fourth-order valence-corrected chi connectivity index (χ4v) is 0.0550. The maximum absolute atomic E-state index is 10.7. The molecule has 0 unspecified atom stereocenters. The highest BCUT2D eigenvalue weighted by molar-refractivity contribution is 7.46. The van der Waals surface area contributed by atoms with E-state index in [4.69, 9.17) is 14.4 Å². The molecule has 74 valence electrons. The number of rotatable bonds is 2. The van der Waals surface area contributed by atoms with E-state index in [9.17, 15) is 17.7 Å². The van der Waals surface area contributed by atoms with Gasteiger partial charge in [0.05, 0.1) is 6.33 Å². The topological polar surface area (TPSA) is 66.8 Å². The maximum atomic E-state index is 10.7. The predicted octanol–water partition coefficient (Wildman–Crippen LogP) is 1.71. The van der Waals surface area contributed by atoms with Gasteiger partial charge >= 0.3 is 7.82 Å². The van der Waals surface area contributed by atoms with Gasteiger partial charge in [0.15, 0.2) is 0 Å². The Hall–Kier alpha value is -0.430. The Labute approximate surface area is 64.6 Å². The molecule has 0 aliphatic rings. The average molecular weight is 212 g/mol. The Kier molecular flexibility index (Phi) is 8.51. The molecular formula is C3H5F4O4P. The molecule has 0 aliphatic heterocycles. The first kappa shape index (κ1) is 14.1. The predicted molar refractivity (Wildman–Crippen MR) is 30.5 cm³/mol. The molecule has 0 bridgehead atoms. The number of halogens is 4. The van der Waals surface area contributed by atoms with Gasteiger partial charge in [-0.25, -0.2) is 17.7 Å². The number of allylic oxidation sites excluding steroid dienone is 1. The van der Waals surface area contributed by atoms with E-state index < -0.39 is 14.2 Å². The van der Waals surface area contributed by atoms with Crippen LogP contribution >= 0.6 is 7.82 Å². The van der Waals surface area contributed by atoms with Gasteiger partial charge in [-0.1, -0.05) is 4.73 Å². The van der Waals surface area contributed by atoms with Crippen LogP contribution in [0.15, 0.2) is 12.4 Å². The molecule has 0 heterocycles. The van der Waals surface area contributed by atoms with Crippen molar-refractivity contribution < 1.29 is 36.8 Å². The summed E-state index contributed by atoms with van der Waals surface area (Å²) in [6.07, 6.45) is -2.67. The average Bonchev–Trinajstić information content (AvgIpc) is 1.87. The van der Waals surface area contributed by atoms with Crippen molar-refractivity contribution in [1.29, 1.82) is 0 Å². The van der Waals surface area contributed by atoms with Crippen molar-refractivity contribution in [2.24, 2.45) is 0 Å². The lowest BCUT2D eigenvalue weighted by Gasteiger charge is -1.87. The summed E-state index contributed by atoms with van der Waals surface area (Å²) in [7, 11) is -4.81. The van der Waals surface area contributed by atoms with Gasteiger partial charge in [0.2, 0.25) is 0 Å². The Morgan fingerprint density at radius 1 is 1.42 bits per heavy atom. The lowest BCUT2D eigenvalue weighted by molar-refractivity contribution is -0.0389. The van der Waals surface area contributed by atoms with Crippen LogP contribution in [0.2, 0.25) is 0 Å². The van der Waals surface area contributed by atoms with Crippen molar-refractivity contribution in [3.05, 3.63) is 12.4 Å². The second-order valence-electron chi connectivity index (χ2n) is 1.21. The molecule has 0 spiro atoms. The third-order valence-corrected chi connectivity index (χ3v) is 0.488. The summed E-state index contributed by atoms with van der Waals surface area (Å²) >= 11 is 0. The minimum Gasteiger partial charge on any atom is -0.301 e. The summed E-state index contributed by atoms with van der Waals surface area (Å²) in [6, 6.07) is 0. The minimum atomic E-state index is -4.81. The summed E-state index contributed by atoms with van der Waals surface area (Å²) in [5.74, 6) is 0. The Balaban J connectivity index is 0. The SMILES string of the molecule is FC=CC(F)F.O=P(O)(O)OF. The quantitative estimate of drug-likeness (QED) is 0.540. The van der Waals surface area contributed by atoms with Crippen molar-refractivity contribution in [3.8, 4) is 0 Å². The molecule has 0 fully saturated rings. The second kappa shape index (κ2) is 7.23. The minimum absolute atomic E-state index is 0.167. The second-order valence-corrected chi connectivity index (χ2v) is 2.33. The first-order valence-corrected chi connectivity index (χ1v) is 3.77. The van der Waals surface area contributed by atoms with Gasteiger partial charge in [-0.3, -0.25) is 0 Å². The standard InChI is InChI=1S/C3H3F3.FH2O4P/c4-2-1-3(5)6;1-5-6(2,3)4/h1-3H;(H2,2,3,4). The molecule has 0 saturated carbocycles. The van der Waals surface area contributed by atoms with Gasteiger partial charge < -0.3 is 9.79 Å². The van der Waals surface area contributed by atoms with Crippen LogP contribution in [0.1, 0.15) is 0 Å². The fraction of sp³-hybridized carbons (Fsp3) is 0.333. The van der Waals surface area contributed by atoms with E-state index in [1.54, 1.807) is 0 Å². The van der Waals surface area contributed by atoms with Crippen LogP contribution in [0, 0.1) is 0 Å². The number of hydrogen-bond acceptors (Lipinski definition) is 2. The monoisotopic (exact) mass is 212 g/mol. The zero-order chi connectivity index (χ0) is 10.2. The molecule has 0 aromatic carbocycles. The zero-order valence-electron chi connectivity index (χ0n) is 5.40. The van der Waals surface area contributed by atoms with Gasteiger partial charge in [0.25, 0.3) is 6.43 Å². The van der Waals surface area contributed by atoms with Crippen LogP contribution in [0.5, 0.6) is 0 Å². The first-order valence-electron chi connectivity index (χ1n) is 2.24. The highest BCUT2D eigenvalue weighted by Crippen LogP contribution is 2.35. The van der Waals surface area contributed by atoms with Crippen LogP contribution in [-0.2, 0) is 9.29 Å². The van der Waals surface area contributed by atoms with Crippen LogP contribution in [-0.4, -0.2) is 16.2 Å². The summed E-state index contributed by atoms with van der Waals surface area (Å²) in [4.78, 5) is 14.7. The first-order chi connectivity index (χ1) is 5.33. The molecule has 0 rings (SSSR count). The van der Waals surface area contributed by atoms with E-state index in [2.05, 4.69) is 4.73 Å². The molecule has 0 amide bonds. The molecule has 9 heteroatoms. The third-order valence-electron chi connectivity index (χ3n) is 0.308. The molecule has 2 N–H and O–H groups in total. The zero-order valence-corrected chi connectivity index (χ0v) is 6.30. The molecule has 0 aliphatic carbocycles. The molecule has 0 atom stereocenters. The summed E-state index contributed by atoms with van der Waals surface area (Å²) in [5.41, 5.74) is 0. The van der Waals surface area contributed by atoms with Crippen LogP contribution in [0.4, 0.5) is 17.7 Å². The van der Waals surface area contributed by atoms with Crippen LogP contribution in [0.25, 0.3) is 0 Å². The van der Waals surface area contributed by atoms with Gasteiger partial charge in [-0.15, -0.1) is 0 Å². The van der Waals surface area contributed by atoms with Crippen molar-refractivity contribution in [3.63, 3.8) is 0 Å². The van der Waals surface area contributed by atoms with Gasteiger partial charge in [0, 0.05) is 6.08 Å². The van der Waals surface area contributed by atoms with Gasteiger partial charge in [0.1, 0.15) is 0 Å². The van der Waals surface area contributed by atoms with Crippen LogP contribution in [0.3, 0.4) is 0 Å². The van der Waals surface area contributed by atoms with Gasteiger partial charge in [-0.05, 0) is 4.53 Å². The van der Waals surface area contributed by atoms with Crippen molar-refractivity contribution in [2.75, 3.05) is 0 Å². The number of hydrogen-bond donors (Lipinski definition) is 2. The summed E-state index contributed by atoms with van der Waals surface area (Å²) in [6.45, 7) is 0. The van der Waals surface area contributed by atoms with Gasteiger partial charge in [-0.2, -0.15) is 0 Å². The van der Waals surface area contributed by atoms with E-state index in [1.165, 1.54) is 0 Å². The smallest absolute Gasteiger partial charge is 0.301 e. The summed E-state index contributed by atoms with van der Waals surface area (Å²) < 4.78 is 53.4. The molecule has 4 nitrogen and oxygen atoms in total. The van der Waals surface area contributed by atoms with E-state index >= 15 is 0 Å². The van der Waals surface area contributed by atoms with Crippen molar-refractivity contribution >= 4 is 7.82 Å². The maximum Gasteiger partial charge on any atom is 0.500 e.